The Kier molecular flexibility index (Phi) is 2.49. The number of nitrogens with zero attached hydrogens (tertiary/aromatic N) is 2. The van der Waals surface area contributed by atoms with E-state index >= 15 is 0 Å². The first-order valence-corrected chi connectivity index (χ1v) is 4.60. The quantitative estimate of drug-likeness (QED) is 0.740. The fourth-order valence-corrected chi connectivity index (χ4v) is 1.40. The highest BCUT2D eigenvalue weighted by molar-refractivity contribution is 5.84. The third-order valence-corrected chi connectivity index (χ3v) is 2.17. The molecule has 0 aromatic heterocycles. The summed E-state index contributed by atoms with van der Waals surface area (Å²) < 4.78 is 41.3. The monoisotopic (exact) mass is 230 g/mol. The van der Waals surface area contributed by atoms with E-state index in [1.165, 1.54) is 5.01 Å². The lowest BCUT2D eigenvalue weighted by molar-refractivity contribution is -0.0752. The Hall–Kier alpha value is -1.72. The molecule has 3 nitrogen and oxygen atoms in total. The van der Waals surface area contributed by atoms with Crippen LogP contribution in [0.3, 0.4) is 0 Å². The van der Waals surface area contributed by atoms with E-state index in [-0.39, 0.29) is 6.73 Å². The zero-order valence-corrected chi connectivity index (χ0v) is 8.45. The summed E-state index contributed by atoms with van der Waals surface area (Å²) in [5, 5.41) is 4.59. The van der Waals surface area contributed by atoms with Crippen LogP contribution in [0.2, 0.25) is 0 Å². The number of halogens is 3. The summed E-state index contributed by atoms with van der Waals surface area (Å²) in [4.78, 5) is 0. The molecule has 1 aliphatic rings. The predicted molar refractivity (Wildman–Crippen MR) is 53.1 cm³/mol. The Labute approximate surface area is 90.1 Å². The van der Waals surface area contributed by atoms with Gasteiger partial charge in [0.1, 0.15) is 0 Å². The van der Waals surface area contributed by atoms with Crippen molar-refractivity contribution in [3.8, 4) is 0 Å². The predicted octanol–water partition coefficient (Wildman–Crippen LogP) is 2.66. The smallest absolute Gasteiger partial charge is 0.450 e. The van der Waals surface area contributed by atoms with Crippen LogP contribution in [-0.4, -0.2) is 18.8 Å². The Bertz CT molecular complexity index is 428. The summed E-state index contributed by atoms with van der Waals surface area (Å²) >= 11 is 0. The van der Waals surface area contributed by atoms with Crippen molar-refractivity contribution >= 4 is 11.6 Å². The molecule has 1 aliphatic heterocycles. The van der Waals surface area contributed by atoms with Crippen molar-refractivity contribution in [3.63, 3.8) is 0 Å². The summed E-state index contributed by atoms with van der Waals surface area (Å²) in [7, 11) is 0. The maximum Gasteiger partial charge on any atom is 0.470 e. The van der Waals surface area contributed by atoms with Crippen LogP contribution in [0.25, 0.3) is 0 Å². The van der Waals surface area contributed by atoms with Gasteiger partial charge in [-0.1, -0.05) is 18.2 Å². The molecule has 0 unspecified atom stereocenters. The highest BCUT2D eigenvalue weighted by atomic mass is 19.4. The minimum atomic E-state index is -4.53. The van der Waals surface area contributed by atoms with Gasteiger partial charge in [-0.05, 0) is 18.6 Å². The van der Waals surface area contributed by atoms with Crippen LogP contribution in [-0.2, 0) is 4.74 Å². The standard InChI is InChI=1S/C10H9F3N2O/c1-7-4-2-3-5-8(7)15-6-16-9(14-15)10(11,12)13/h2-5H,6H2,1H3. The number of hydrogen-bond acceptors (Lipinski definition) is 3. The molecule has 0 atom stereocenters. The minimum Gasteiger partial charge on any atom is -0.450 e. The van der Waals surface area contributed by atoms with Gasteiger partial charge in [0, 0.05) is 0 Å². The molecule has 0 saturated carbocycles. The van der Waals surface area contributed by atoms with E-state index in [2.05, 4.69) is 9.84 Å². The Morgan fingerprint density at radius 2 is 2.00 bits per heavy atom. The number of rotatable bonds is 1. The summed E-state index contributed by atoms with van der Waals surface area (Å²) in [5.41, 5.74) is 1.46. The first-order valence-electron chi connectivity index (χ1n) is 4.60. The number of alkyl halides is 3. The topological polar surface area (TPSA) is 24.8 Å². The molecule has 86 valence electrons. The van der Waals surface area contributed by atoms with E-state index in [9.17, 15) is 13.2 Å². The second-order valence-electron chi connectivity index (χ2n) is 3.36. The molecule has 0 aliphatic carbocycles. The maximum absolute atomic E-state index is 12.3. The largest absolute Gasteiger partial charge is 0.470 e. The fraction of sp³-hybridized carbons (Fsp3) is 0.300. The van der Waals surface area contributed by atoms with Crippen LogP contribution >= 0.6 is 0 Å². The van der Waals surface area contributed by atoms with Gasteiger partial charge < -0.3 is 4.74 Å². The molecule has 0 bridgehead atoms. The van der Waals surface area contributed by atoms with Crippen LogP contribution in [0, 0.1) is 6.92 Å². The van der Waals surface area contributed by atoms with Gasteiger partial charge in [0.25, 0.3) is 0 Å². The molecule has 1 aromatic rings. The summed E-state index contributed by atoms with van der Waals surface area (Å²) in [6.45, 7) is 1.59. The molecule has 6 heteroatoms. The van der Waals surface area contributed by atoms with Gasteiger partial charge in [-0.25, -0.2) is 5.01 Å². The van der Waals surface area contributed by atoms with Gasteiger partial charge in [-0.3, -0.25) is 0 Å². The normalized spacial score (nSPS) is 16.0. The molecular formula is C10H9F3N2O. The Balaban J connectivity index is 2.27. The van der Waals surface area contributed by atoms with Crippen molar-refractivity contribution in [1.82, 2.24) is 0 Å². The molecule has 0 radical (unpaired) electrons. The van der Waals surface area contributed by atoms with E-state index in [0.29, 0.717) is 5.69 Å². The van der Waals surface area contributed by atoms with Crippen LogP contribution < -0.4 is 5.01 Å². The molecule has 0 N–H and O–H groups in total. The average molecular weight is 230 g/mol. The number of ether oxygens (including phenoxy) is 1. The van der Waals surface area contributed by atoms with Gasteiger partial charge in [0.2, 0.25) is 0 Å². The van der Waals surface area contributed by atoms with Crippen LogP contribution in [0.1, 0.15) is 5.56 Å². The van der Waals surface area contributed by atoms with Crippen molar-refractivity contribution in [2.75, 3.05) is 11.7 Å². The molecule has 0 amide bonds. The lowest BCUT2D eigenvalue weighted by Gasteiger charge is -2.13. The second-order valence-corrected chi connectivity index (χ2v) is 3.36. The SMILES string of the molecule is Cc1ccccc1N1COC(C(F)(F)F)=N1. The Morgan fingerprint density at radius 3 is 2.56 bits per heavy atom. The van der Waals surface area contributed by atoms with E-state index < -0.39 is 12.1 Å². The van der Waals surface area contributed by atoms with Crippen molar-refractivity contribution in [2.45, 2.75) is 13.1 Å². The first kappa shape index (κ1) is 10.8. The molecule has 0 saturated heterocycles. The first-order chi connectivity index (χ1) is 7.48. The van der Waals surface area contributed by atoms with Crippen LogP contribution in [0.5, 0.6) is 0 Å². The van der Waals surface area contributed by atoms with E-state index in [1.54, 1.807) is 25.1 Å². The average Bonchev–Trinajstić information content (AvgIpc) is 2.66. The van der Waals surface area contributed by atoms with Crippen molar-refractivity contribution in [3.05, 3.63) is 29.8 Å². The molecular weight excluding hydrogens is 221 g/mol. The van der Waals surface area contributed by atoms with Crippen molar-refractivity contribution in [2.24, 2.45) is 5.10 Å². The van der Waals surface area contributed by atoms with E-state index in [1.807, 2.05) is 6.07 Å². The molecule has 1 heterocycles. The summed E-state index contributed by atoms with van der Waals surface area (Å²) in [6.07, 6.45) is -4.53. The third kappa shape index (κ3) is 1.95. The Morgan fingerprint density at radius 1 is 1.31 bits per heavy atom. The number of aryl methyl sites for hydroxylation is 1. The number of hydrazone groups is 1. The van der Waals surface area contributed by atoms with Crippen molar-refractivity contribution in [1.29, 1.82) is 0 Å². The molecule has 0 fully saturated rings. The number of hydrogen-bond donors (Lipinski definition) is 0. The van der Waals surface area contributed by atoms with Gasteiger partial charge in [0.15, 0.2) is 6.73 Å². The summed E-state index contributed by atoms with van der Waals surface area (Å²) in [5.74, 6) is -1.20. The fourth-order valence-electron chi connectivity index (χ4n) is 1.40. The lowest BCUT2D eigenvalue weighted by atomic mass is 10.2. The zero-order chi connectivity index (χ0) is 11.8. The highest BCUT2D eigenvalue weighted by Gasteiger charge is 2.42. The van der Waals surface area contributed by atoms with Crippen LogP contribution in [0.4, 0.5) is 18.9 Å². The second kappa shape index (κ2) is 3.70. The van der Waals surface area contributed by atoms with E-state index in [0.717, 1.165) is 5.56 Å². The molecule has 2 rings (SSSR count). The van der Waals surface area contributed by atoms with E-state index in [4.69, 9.17) is 0 Å². The van der Waals surface area contributed by atoms with Gasteiger partial charge >= 0.3 is 12.1 Å². The summed E-state index contributed by atoms with van der Waals surface area (Å²) in [6, 6.07) is 7.05. The number of anilines is 1. The molecule has 1 aromatic carbocycles. The minimum absolute atomic E-state index is 0.209. The van der Waals surface area contributed by atoms with Crippen LogP contribution in [0.15, 0.2) is 29.4 Å². The zero-order valence-electron chi connectivity index (χ0n) is 8.45. The molecule has 0 spiro atoms. The third-order valence-electron chi connectivity index (χ3n) is 2.17. The van der Waals surface area contributed by atoms with Crippen molar-refractivity contribution < 1.29 is 17.9 Å². The van der Waals surface area contributed by atoms with Gasteiger partial charge in [-0.2, -0.15) is 13.2 Å². The van der Waals surface area contributed by atoms with Gasteiger partial charge in [0.05, 0.1) is 5.69 Å². The number of benzene rings is 1. The lowest BCUT2D eigenvalue weighted by Crippen LogP contribution is -2.22. The number of para-hydroxylation sites is 1. The van der Waals surface area contributed by atoms with Gasteiger partial charge in [-0.15, -0.1) is 5.10 Å². The highest BCUT2D eigenvalue weighted by Crippen LogP contribution is 2.27. The maximum atomic E-state index is 12.3. The molecule has 16 heavy (non-hydrogen) atoms.